The van der Waals surface area contributed by atoms with E-state index in [-0.39, 0.29) is 6.04 Å². The third-order valence-corrected chi connectivity index (χ3v) is 3.71. The van der Waals surface area contributed by atoms with Gasteiger partial charge in [-0.2, -0.15) is 10.4 Å². The molecule has 0 amide bonds. The van der Waals surface area contributed by atoms with Crippen LogP contribution in [-0.4, -0.2) is 14.7 Å². The number of nitro groups is 1. The monoisotopic (exact) mass is 284 g/mol. The van der Waals surface area contributed by atoms with E-state index in [9.17, 15) is 18.9 Å². The molecule has 0 atom stereocenters. The first-order valence-corrected chi connectivity index (χ1v) is 6.41. The molecule has 108 valence electrons. The summed E-state index contributed by atoms with van der Waals surface area (Å²) >= 11 is 0. The zero-order chi connectivity index (χ0) is 14.7. The van der Waals surface area contributed by atoms with Crippen LogP contribution in [0.25, 0.3) is 0 Å². The fourth-order valence-corrected chi connectivity index (χ4v) is 2.62. The summed E-state index contributed by atoms with van der Waals surface area (Å²) in [7, 11) is 0. The molecule has 20 heavy (non-hydrogen) atoms. The summed E-state index contributed by atoms with van der Waals surface area (Å²) in [6.45, 7) is 0. The van der Waals surface area contributed by atoms with Gasteiger partial charge in [0.05, 0.1) is 17.0 Å². The molecule has 1 aliphatic rings. The highest BCUT2D eigenvalue weighted by Crippen LogP contribution is 2.36. The van der Waals surface area contributed by atoms with Gasteiger partial charge in [-0.05, 0) is 31.6 Å². The number of hydrogen-bond acceptors (Lipinski definition) is 4. The summed E-state index contributed by atoms with van der Waals surface area (Å²) < 4.78 is 26.7. The molecule has 8 heteroatoms. The normalized spacial score (nSPS) is 22.7. The molecule has 0 N–H and O–H groups in total. The van der Waals surface area contributed by atoms with Crippen LogP contribution in [0, 0.1) is 27.4 Å². The molecular weight excluding hydrogens is 270 g/mol. The molecule has 2 rings (SSSR count). The van der Waals surface area contributed by atoms with Gasteiger partial charge in [-0.15, -0.1) is 0 Å². The molecule has 1 aliphatic carbocycles. The van der Waals surface area contributed by atoms with Crippen LogP contribution in [0.3, 0.4) is 0 Å². The third kappa shape index (κ3) is 2.92. The lowest BCUT2D eigenvalue weighted by atomic mass is 9.84. The molecule has 0 radical (unpaired) electrons. The number of hydrogen-bond donors (Lipinski definition) is 0. The Kier molecular flexibility index (Phi) is 4.27. The second-order valence-corrected chi connectivity index (χ2v) is 4.97. The van der Waals surface area contributed by atoms with E-state index in [1.54, 1.807) is 0 Å². The lowest BCUT2D eigenvalue weighted by molar-refractivity contribution is -0.386. The Bertz CT molecular complexity index is 530. The highest BCUT2D eigenvalue weighted by Gasteiger charge is 2.30. The van der Waals surface area contributed by atoms with E-state index in [1.807, 2.05) is 0 Å². The molecule has 0 unspecified atom stereocenters. The maximum atomic E-state index is 12.7. The van der Waals surface area contributed by atoms with E-state index < -0.39 is 22.7 Å². The lowest BCUT2D eigenvalue weighted by Crippen LogP contribution is -2.18. The standard InChI is InChI=1S/C12H14F2N4O2/c13-12(14)11-10(18(19)20)7-17(16-11)9-3-1-8(2-4-9)5-6-15/h7-9,12H,1-5H2. The van der Waals surface area contributed by atoms with E-state index in [2.05, 4.69) is 11.2 Å². The second kappa shape index (κ2) is 5.94. The Balaban J connectivity index is 2.13. The Morgan fingerprint density at radius 1 is 1.50 bits per heavy atom. The molecule has 1 fully saturated rings. The van der Waals surface area contributed by atoms with Crippen molar-refractivity contribution >= 4 is 5.69 Å². The van der Waals surface area contributed by atoms with E-state index >= 15 is 0 Å². The average molecular weight is 284 g/mol. The molecule has 0 bridgehead atoms. The number of aromatic nitrogens is 2. The van der Waals surface area contributed by atoms with Crippen molar-refractivity contribution in [2.75, 3.05) is 0 Å². The molecule has 1 heterocycles. The van der Waals surface area contributed by atoms with Crippen LogP contribution >= 0.6 is 0 Å². The Morgan fingerprint density at radius 3 is 2.60 bits per heavy atom. The van der Waals surface area contributed by atoms with Gasteiger partial charge in [0.25, 0.3) is 6.43 Å². The smallest absolute Gasteiger partial charge is 0.262 e. The first kappa shape index (κ1) is 14.4. The van der Waals surface area contributed by atoms with Gasteiger partial charge in [0.15, 0.2) is 0 Å². The largest absolute Gasteiger partial charge is 0.316 e. The van der Waals surface area contributed by atoms with Crippen molar-refractivity contribution in [1.82, 2.24) is 9.78 Å². The Labute approximate surface area is 114 Å². The quantitative estimate of drug-likeness (QED) is 0.626. The molecule has 0 aromatic carbocycles. The minimum absolute atomic E-state index is 0.101. The molecular formula is C12H14F2N4O2. The Hall–Kier alpha value is -2.04. The second-order valence-electron chi connectivity index (χ2n) is 4.97. The van der Waals surface area contributed by atoms with E-state index in [4.69, 9.17) is 5.26 Å². The number of alkyl halides is 2. The highest BCUT2D eigenvalue weighted by molar-refractivity contribution is 5.33. The van der Waals surface area contributed by atoms with Crippen molar-refractivity contribution in [2.24, 2.45) is 5.92 Å². The molecule has 0 spiro atoms. The summed E-state index contributed by atoms with van der Waals surface area (Å²) in [5, 5.41) is 23.1. The minimum Gasteiger partial charge on any atom is -0.262 e. The zero-order valence-corrected chi connectivity index (χ0v) is 10.7. The molecule has 1 aromatic rings. The highest BCUT2D eigenvalue weighted by atomic mass is 19.3. The van der Waals surface area contributed by atoms with Crippen LogP contribution in [0.4, 0.5) is 14.5 Å². The van der Waals surface area contributed by atoms with Crippen molar-refractivity contribution in [2.45, 2.75) is 44.6 Å². The molecule has 6 nitrogen and oxygen atoms in total. The van der Waals surface area contributed by atoms with Crippen molar-refractivity contribution in [3.8, 4) is 6.07 Å². The van der Waals surface area contributed by atoms with Gasteiger partial charge in [-0.1, -0.05) is 0 Å². The number of nitriles is 1. The van der Waals surface area contributed by atoms with Gasteiger partial charge in [0, 0.05) is 6.42 Å². The third-order valence-electron chi connectivity index (χ3n) is 3.71. The van der Waals surface area contributed by atoms with Gasteiger partial charge >= 0.3 is 5.69 Å². The molecule has 1 saturated carbocycles. The van der Waals surface area contributed by atoms with Crippen molar-refractivity contribution in [3.63, 3.8) is 0 Å². The topological polar surface area (TPSA) is 84.8 Å². The van der Waals surface area contributed by atoms with Gasteiger partial charge in [0.1, 0.15) is 6.20 Å². The minimum atomic E-state index is -2.95. The van der Waals surface area contributed by atoms with Gasteiger partial charge < -0.3 is 0 Å². The van der Waals surface area contributed by atoms with Crippen LogP contribution < -0.4 is 0 Å². The first-order chi connectivity index (χ1) is 9.52. The van der Waals surface area contributed by atoms with Crippen molar-refractivity contribution in [1.29, 1.82) is 5.26 Å². The van der Waals surface area contributed by atoms with Crippen LogP contribution in [0.15, 0.2) is 6.20 Å². The summed E-state index contributed by atoms with van der Waals surface area (Å²) in [6.07, 6.45) is 1.67. The summed E-state index contributed by atoms with van der Waals surface area (Å²) in [4.78, 5) is 9.92. The number of nitrogens with zero attached hydrogens (tertiary/aromatic N) is 4. The predicted molar refractivity (Wildman–Crippen MR) is 65.1 cm³/mol. The summed E-state index contributed by atoms with van der Waals surface area (Å²) in [6, 6.07) is 2.02. The zero-order valence-electron chi connectivity index (χ0n) is 10.7. The van der Waals surface area contributed by atoms with E-state index in [0.717, 1.165) is 19.0 Å². The van der Waals surface area contributed by atoms with Crippen molar-refractivity contribution < 1.29 is 13.7 Å². The fourth-order valence-electron chi connectivity index (χ4n) is 2.62. The maximum Gasteiger partial charge on any atom is 0.316 e. The summed E-state index contributed by atoms with van der Waals surface area (Å²) in [5.41, 5.74) is -1.40. The van der Waals surface area contributed by atoms with Gasteiger partial charge in [-0.3, -0.25) is 14.8 Å². The van der Waals surface area contributed by atoms with E-state index in [1.165, 1.54) is 4.68 Å². The number of rotatable bonds is 4. The fraction of sp³-hybridized carbons (Fsp3) is 0.667. The first-order valence-electron chi connectivity index (χ1n) is 6.41. The SMILES string of the molecule is N#CCC1CCC(n2cc([N+](=O)[O-])c(C(F)F)n2)CC1. The predicted octanol–water partition coefficient (Wildman–Crippen LogP) is 3.37. The summed E-state index contributed by atoms with van der Waals surface area (Å²) in [5.74, 6) is 0.330. The van der Waals surface area contributed by atoms with Crippen LogP contribution in [0.2, 0.25) is 0 Å². The van der Waals surface area contributed by atoms with Crippen LogP contribution in [-0.2, 0) is 0 Å². The Morgan fingerprint density at radius 2 is 2.15 bits per heavy atom. The van der Waals surface area contributed by atoms with Crippen LogP contribution in [0.5, 0.6) is 0 Å². The van der Waals surface area contributed by atoms with Gasteiger partial charge in [-0.25, -0.2) is 8.78 Å². The molecule has 1 aromatic heterocycles. The van der Waals surface area contributed by atoms with E-state index in [0.29, 0.717) is 25.2 Å². The molecule has 0 saturated heterocycles. The van der Waals surface area contributed by atoms with Crippen LogP contribution in [0.1, 0.15) is 50.3 Å². The lowest BCUT2D eigenvalue weighted by Gasteiger charge is -2.27. The average Bonchev–Trinajstić information content (AvgIpc) is 2.85. The maximum absolute atomic E-state index is 12.7. The molecule has 0 aliphatic heterocycles. The van der Waals surface area contributed by atoms with Crippen molar-refractivity contribution in [3.05, 3.63) is 22.0 Å². The number of halogens is 2. The van der Waals surface area contributed by atoms with Gasteiger partial charge in [0.2, 0.25) is 5.69 Å².